The second-order valence-electron chi connectivity index (χ2n) is 5.11. The van der Waals surface area contributed by atoms with Crippen LogP contribution in [0.1, 0.15) is 26.3 Å². The molecule has 0 aromatic heterocycles. The van der Waals surface area contributed by atoms with E-state index in [9.17, 15) is 4.79 Å². The van der Waals surface area contributed by atoms with Gasteiger partial charge in [-0.3, -0.25) is 0 Å². The van der Waals surface area contributed by atoms with Gasteiger partial charge in [-0.2, -0.15) is 0 Å². The summed E-state index contributed by atoms with van der Waals surface area (Å²) in [5, 5.41) is 0. The molecule has 0 bridgehead atoms. The van der Waals surface area contributed by atoms with E-state index in [4.69, 9.17) is 4.74 Å². The van der Waals surface area contributed by atoms with Crippen molar-refractivity contribution in [2.75, 3.05) is 0 Å². The summed E-state index contributed by atoms with van der Waals surface area (Å²) in [6, 6.07) is 7.66. The minimum absolute atomic E-state index is 0.265. The summed E-state index contributed by atoms with van der Waals surface area (Å²) < 4.78 is 6.10. The van der Waals surface area contributed by atoms with Crippen molar-refractivity contribution < 1.29 is 9.53 Å². The summed E-state index contributed by atoms with van der Waals surface area (Å²) in [6.45, 7) is 5.88. The van der Waals surface area contributed by atoms with E-state index in [1.165, 1.54) is 0 Å². The van der Waals surface area contributed by atoms with Crippen LogP contribution in [0.2, 0.25) is 0 Å². The molecule has 0 radical (unpaired) electrons. The predicted octanol–water partition coefficient (Wildman–Crippen LogP) is 3.79. The van der Waals surface area contributed by atoms with Crippen LogP contribution >= 0.6 is 15.9 Å². The first-order valence-electron chi connectivity index (χ1n) is 5.65. The summed E-state index contributed by atoms with van der Waals surface area (Å²) in [7, 11) is 0. The van der Waals surface area contributed by atoms with Crippen LogP contribution in [0.15, 0.2) is 39.4 Å². The molecule has 0 saturated heterocycles. The van der Waals surface area contributed by atoms with Gasteiger partial charge < -0.3 is 4.74 Å². The van der Waals surface area contributed by atoms with Crippen LogP contribution < -0.4 is 0 Å². The molecule has 4 heteroatoms. The molecular weight excluding hydrogens is 294 g/mol. The zero-order valence-corrected chi connectivity index (χ0v) is 12.1. The molecule has 0 amide bonds. The van der Waals surface area contributed by atoms with Crippen LogP contribution in [0.4, 0.5) is 0 Å². The lowest BCUT2D eigenvalue weighted by atomic mass is 9.97. The minimum Gasteiger partial charge on any atom is -0.406 e. The fourth-order valence-corrected chi connectivity index (χ4v) is 1.87. The molecule has 1 aliphatic heterocycles. The highest BCUT2D eigenvalue weighted by Crippen LogP contribution is 2.27. The van der Waals surface area contributed by atoms with Gasteiger partial charge in [-0.15, -0.1) is 0 Å². The molecular formula is C14H14BrNO2. The lowest BCUT2D eigenvalue weighted by Gasteiger charge is -2.15. The van der Waals surface area contributed by atoms with Crippen LogP contribution in [0.25, 0.3) is 6.08 Å². The van der Waals surface area contributed by atoms with Crippen molar-refractivity contribution in [1.82, 2.24) is 0 Å². The molecule has 0 aliphatic carbocycles. The average Bonchev–Trinajstić information content (AvgIpc) is 2.63. The minimum atomic E-state index is -0.393. The molecule has 0 N–H and O–H groups in total. The SMILES string of the molecule is CC(C)(C)C1=N/C(=C\c2ccccc2Br)C(=O)O1. The highest BCUT2D eigenvalue weighted by Gasteiger charge is 2.31. The lowest BCUT2D eigenvalue weighted by molar-refractivity contribution is -0.130. The van der Waals surface area contributed by atoms with Gasteiger partial charge in [0.25, 0.3) is 0 Å². The van der Waals surface area contributed by atoms with Crippen LogP contribution in [0.3, 0.4) is 0 Å². The number of aliphatic imine (C=N–C) groups is 1. The van der Waals surface area contributed by atoms with E-state index < -0.39 is 5.97 Å². The van der Waals surface area contributed by atoms with Gasteiger partial charge in [-0.1, -0.05) is 54.9 Å². The zero-order valence-electron chi connectivity index (χ0n) is 10.5. The third kappa shape index (κ3) is 2.70. The third-order valence-electron chi connectivity index (χ3n) is 2.46. The quantitative estimate of drug-likeness (QED) is 0.585. The number of carbonyl (C=O) groups is 1. The van der Waals surface area contributed by atoms with E-state index >= 15 is 0 Å². The first-order chi connectivity index (χ1) is 8.38. The Labute approximate surface area is 115 Å². The maximum Gasteiger partial charge on any atom is 0.363 e. The number of rotatable bonds is 1. The highest BCUT2D eigenvalue weighted by atomic mass is 79.9. The Bertz CT molecular complexity index is 553. The van der Waals surface area contributed by atoms with Gasteiger partial charge in [0.15, 0.2) is 5.70 Å². The second kappa shape index (κ2) is 4.69. The first-order valence-corrected chi connectivity index (χ1v) is 6.45. The molecule has 0 spiro atoms. The van der Waals surface area contributed by atoms with Crippen LogP contribution in [-0.4, -0.2) is 11.9 Å². The van der Waals surface area contributed by atoms with Crippen LogP contribution in [0, 0.1) is 5.41 Å². The lowest BCUT2D eigenvalue weighted by Crippen LogP contribution is -2.21. The second-order valence-corrected chi connectivity index (χ2v) is 5.96. The van der Waals surface area contributed by atoms with Gasteiger partial charge in [-0.25, -0.2) is 9.79 Å². The van der Waals surface area contributed by atoms with E-state index in [-0.39, 0.29) is 5.41 Å². The Hall–Kier alpha value is -1.42. The Kier molecular flexibility index (Phi) is 3.39. The maximum absolute atomic E-state index is 11.7. The molecule has 0 fully saturated rings. The fourth-order valence-electron chi connectivity index (χ4n) is 1.47. The highest BCUT2D eigenvalue weighted by molar-refractivity contribution is 9.10. The Morgan fingerprint density at radius 1 is 1.28 bits per heavy atom. The fraction of sp³-hybridized carbons (Fsp3) is 0.286. The maximum atomic E-state index is 11.7. The van der Waals surface area contributed by atoms with E-state index in [1.54, 1.807) is 6.08 Å². The molecule has 1 aromatic rings. The summed E-state index contributed by atoms with van der Waals surface area (Å²) in [4.78, 5) is 16.0. The first kappa shape index (κ1) is 13.0. The molecule has 0 saturated carbocycles. The van der Waals surface area contributed by atoms with Gasteiger partial charge in [0.05, 0.1) is 0 Å². The molecule has 18 heavy (non-hydrogen) atoms. The Morgan fingerprint density at radius 3 is 2.50 bits per heavy atom. The number of cyclic esters (lactones) is 1. The molecule has 2 rings (SSSR count). The normalized spacial score (nSPS) is 17.9. The van der Waals surface area contributed by atoms with Crippen LogP contribution in [-0.2, 0) is 9.53 Å². The standard InChI is InChI=1S/C14H14BrNO2/c1-14(2,3)13-16-11(12(17)18-13)8-9-6-4-5-7-10(9)15/h4-8H,1-3H3/b11-8-. The van der Waals surface area contributed by atoms with Gasteiger partial charge >= 0.3 is 5.97 Å². The Balaban J connectivity index is 2.38. The average molecular weight is 308 g/mol. The number of hydrogen-bond acceptors (Lipinski definition) is 3. The number of halogens is 1. The van der Waals surface area contributed by atoms with Crippen molar-refractivity contribution in [1.29, 1.82) is 0 Å². The number of nitrogens with zero attached hydrogens (tertiary/aromatic N) is 1. The smallest absolute Gasteiger partial charge is 0.363 e. The van der Waals surface area contributed by atoms with Crippen molar-refractivity contribution in [3.8, 4) is 0 Å². The molecule has 1 heterocycles. The molecule has 94 valence electrons. The molecule has 0 atom stereocenters. The largest absolute Gasteiger partial charge is 0.406 e. The number of hydrogen-bond donors (Lipinski definition) is 0. The molecule has 0 unspecified atom stereocenters. The monoisotopic (exact) mass is 307 g/mol. The Morgan fingerprint density at radius 2 is 1.94 bits per heavy atom. The molecule has 1 aliphatic rings. The van der Waals surface area contributed by atoms with Crippen molar-refractivity contribution in [2.45, 2.75) is 20.8 Å². The number of carbonyl (C=O) groups excluding carboxylic acids is 1. The predicted molar refractivity (Wildman–Crippen MR) is 75.1 cm³/mol. The summed E-state index contributed by atoms with van der Waals surface area (Å²) >= 11 is 3.43. The number of benzene rings is 1. The van der Waals surface area contributed by atoms with E-state index in [1.807, 2.05) is 45.0 Å². The summed E-state index contributed by atoms with van der Waals surface area (Å²) in [6.07, 6.45) is 1.73. The van der Waals surface area contributed by atoms with E-state index in [0.717, 1.165) is 10.0 Å². The van der Waals surface area contributed by atoms with E-state index in [0.29, 0.717) is 11.6 Å². The van der Waals surface area contributed by atoms with Gasteiger partial charge in [0, 0.05) is 9.89 Å². The molecule has 1 aromatic carbocycles. The van der Waals surface area contributed by atoms with Gasteiger partial charge in [0.2, 0.25) is 5.90 Å². The molecule has 3 nitrogen and oxygen atoms in total. The summed E-state index contributed by atoms with van der Waals surface area (Å²) in [5.74, 6) is 0.0708. The van der Waals surface area contributed by atoms with Crippen molar-refractivity contribution in [3.05, 3.63) is 40.0 Å². The van der Waals surface area contributed by atoms with Crippen LogP contribution in [0.5, 0.6) is 0 Å². The van der Waals surface area contributed by atoms with Crippen molar-refractivity contribution in [2.24, 2.45) is 10.4 Å². The van der Waals surface area contributed by atoms with Crippen molar-refractivity contribution >= 4 is 33.9 Å². The number of esters is 1. The summed E-state index contributed by atoms with van der Waals surface area (Å²) in [5.41, 5.74) is 0.981. The topological polar surface area (TPSA) is 38.7 Å². The third-order valence-corrected chi connectivity index (χ3v) is 3.18. The van der Waals surface area contributed by atoms with E-state index in [2.05, 4.69) is 20.9 Å². The van der Waals surface area contributed by atoms with Gasteiger partial charge in [0.1, 0.15) is 0 Å². The zero-order chi connectivity index (χ0) is 13.3. The van der Waals surface area contributed by atoms with Gasteiger partial charge in [-0.05, 0) is 17.7 Å². The van der Waals surface area contributed by atoms with Crippen molar-refractivity contribution in [3.63, 3.8) is 0 Å². The number of ether oxygens (including phenoxy) is 1.